The fourth-order valence-electron chi connectivity index (χ4n) is 3.00. The van der Waals surface area contributed by atoms with Crippen LogP contribution in [0.25, 0.3) is 0 Å². The van der Waals surface area contributed by atoms with Crippen LogP contribution in [0.15, 0.2) is 60.0 Å². The molecule has 0 bridgehead atoms. The van der Waals surface area contributed by atoms with Gasteiger partial charge in [0.15, 0.2) is 27.9 Å². The number of nitriles is 1. The van der Waals surface area contributed by atoms with E-state index in [0.717, 1.165) is 11.0 Å². The van der Waals surface area contributed by atoms with Crippen LogP contribution in [0.2, 0.25) is 0 Å². The molecule has 0 aromatic heterocycles. The summed E-state index contributed by atoms with van der Waals surface area (Å²) in [6, 6.07) is 15.4. The van der Waals surface area contributed by atoms with Crippen LogP contribution in [0.1, 0.15) is 11.1 Å². The van der Waals surface area contributed by atoms with Crippen LogP contribution in [-0.2, 0) is 21.2 Å². The van der Waals surface area contributed by atoms with Crippen LogP contribution in [0.5, 0.6) is 11.5 Å². The summed E-state index contributed by atoms with van der Waals surface area (Å²) in [6.45, 7) is -0.0302. The number of hydrogen-bond donors (Lipinski definition) is 0. The maximum absolute atomic E-state index is 12.9. The molecule has 0 spiro atoms. The van der Waals surface area contributed by atoms with E-state index in [1.807, 2.05) is 36.4 Å². The van der Waals surface area contributed by atoms with Crippen LogP contribution in [0, 0.1) is 11.3 Å². The molecule has 0 saturated heterocycles. The number of carbonyl (C=O) groups is 1. The van der Waals surface area contributed by atoms with Gasteiger partial charge in [0.2, 0.25) is 0 Å². The Morgan fingerprint density at radius 1 is 1.21 bits per heavy atom. The summed E-state index contributed by atoms with van der Waals surface area (Å²) in [5, 5.41) is 10.1. The predicted octanol–water partition coefficient (Wildman–Crippen LogP) is 2.29. The van der Waals surface area contributed by atoms with E-state index in [1.54, 1.807) is 12.1 Å². The van der Waals surface area contributed by atoms with Crippen molar-refractivity contribution in [3.8, 4) is 17.6 Å². The van der Waals surface area contributed by atoms with Crippen molar-refractivity contribution in [2.75, 3.05) is 19.5 Å². The number of methoxy groups -OCH3 is 1. The second kappa shape index (κ2) is 8.80. The maximum Gasteiger partial charge on any atom is 0.261 e. The van der Waals surface area contributed by atoms with Gasteiger partial charge in [-0.1, -0.05) is 30.3 Å². The molecule has 0 unspecified atom stereocenters. The number of sulfone groups is 1. The fraction of sp³-hybridized carbons (Fsp3) is 0.238. The molecule has 1 aliphatic rings. The molecule has 0 aliphatic carbocycles. The summed E-state index contributed by atoms with van der Waals surface area (Å²) in [5.74, 6) is 0.169. The van der Waals surface area contributed by atoms with Crippen molar-refractivity contribution in [3.05, 3.63) is 71.1 Å². The van der Waals surface area contributed by atoms with E-state index in [2.05, 4.69) is 0 Å². The molecule has 1 amide bonds. The summed E-state index contributed by atoms with van der Waals surface area (Å²) in [4.78, 5) is 14.4. The second-order valence-electron chi connectivity index (χ2n) is 6.50. The van der Waals surface area contributed by atoms with Gasteiger partial charge in [0.1, 0.15) is 0 Å². The van der Waals surface area contributed by atoms with E-state index in [4.69, 9.17) is 14.7 Å². The van der Waals surface area contributed by atoms with Gasteiger partial charge in [0.25, 0.3) is 5.91 Å². The largest absolute Gasteiger partial charge is 0.493 e. The lowest BCUT2D eigenvalue weighted by molar-refractivity contribution is -0.135. The highest BCUT2D eigenvalue weighted by atomic mass is 32.2. The summed E-state index contributed by atoms with van der Waals surface area (Å²) in [7, 11) is -1.87. The minimum Gasteiger partial charge on any atom is -0.493 e. The lowest BCUT2D eigenvalue weighted by Crippen LogP contribution is -2.42. The summed E-state index contributed by atoms with van der Waals surface area (Å²) in [6.07, 6.45) is 1.53. The van der Waals surface area contributed by atoms with Crippen LogP contribution in [0.3, 0.4) is 0 Å². The Morgan fingerprint density at radius 3 is 2.59 bits per heavy atom. The molecule has 1 atom stereocenters. The fourth-order valence-corrected chi connectivity index (χ4v) is 4.30. The third kappa shape index (κ3) is 5.15. The topological polar surface area (TPSA) is 96.7 Å². The first kappa shape index (κ1) is 20.4. The SMILES string of the molecule is COc1cc(C#N)ccc1OCC(=O)N(Cc1ccccc1)[C@H]1C=CS(=O)(=O)C1. The number of benzene rings is 2. The first-order valence-electron chi connectivity index (χ1n) is 8.87. The average Bonchev–Trinajstić information content (AvgIpc) is 3.10. The molecule has 0 radical (unpaired) electrons. The Bertz CT molecular complexity index is 1060. The van der Waals surface area contributed by atoms with Gasteiger partial charge in [0.05, 0.1) is 30.5 Å². The standard InChI is InChI=1S/C21H20N2O5S/c1-27-20-11-17(12-22)7-8-19(20)28-14-21(24)23(13-16-5-3-2-4-6-16)18-9-10-29(25,26)15-18/h2-11,18H,13-15H2,1H3/t18-/m0/s1. The van der Waals surface area contributed by atoms with Crippen molar-refractivity contribution >= 4 is 15.7 Å². The van der Waals surface area contributed by atoms with Crippen molar-refractivity contribution in [1.82, 2.24) is 4.90 Å². The highest BCUT2D eigenvalue weighted by Gasteiger charge is 2.30. The van der Waals surface area contributed by atoms with Gasteiger partial charge in [-0.05, 0) is 23.8 Å². The molecule has 0 fully saturated rings. The van der Waals surface area contributed by atoms with Gasteiger partial charge in [-0.25, -0.2) is 8.42 Å². The van der Waals surface area contributed by atoms with Gasteiger partial charge < -0.3 is 14.4 Å². The van der Waals surface area contributed by atoms with Crippen LogP contribution >= 0.6 is 0 Å². The van der Waals surface area contributed by atoms with E-state index in [0.29, 0.717) is 17.1 Å². The smallest absolute Gasteiger partial charge is 0.261 e. The minimum absolute atomic E-state index is 0.147. The number of carbonyl (C=O) groups excluding carboxylic acids is 1. The monoisotopic (exact) mass is 412 g/mol. The molecule has 3 rings (SSSR count). The maximum atomic E-state index is 12.9. The predicted molar refractivity (Wildman–Crippen MR) is 107 cm³/mol. The zero-order valence-electron chi connectivity index (χ0n) is 15.8. The molecule has 1 aliphatic heterocycles. The Morgan fingerprint density at radius 2 is 1.97 bits per heavy atom. The molecular formula is C21H20N2O5S. The number of nitrogens with zero attached hydrogens (tertiary/aromatic N) is 2. The normalized spacial score (nSPS) is 16.8. The van der Waals surface area contributed by atoms with Crippen LogP contribution < -0.4 is 9.47 Å². The zero-order valence-corrected chi connectivity index (χ0v) is 16.6. The lowest BCUT2D eigenvalue weighted by Gasteiger charge is -2.27. The van der Waals surface area contributed by atoms with E-state index in [9.17, 15) is 13.2 Å². The number of amides is 1. The van der Waals surface area contributed by atoms with Gasteiger partial charge in [0, 0.05) is 18.0 Å². The molecule has 0 N–H and O–H groups in total. The third-order valence-corrected chi connectivity index (χ3v) is 5.85. The van der Waals surface area contributed by atoms with E-state index < -0.39 is 15.9 Å². The van der Waals surface area contributed by atoms with Crippen molar-refractivity contribution < 1.29 is 22.7 Å². The number of hydrogen-bond acceptors (Lipinski definition) is 6. The van der Waals surface area contributed by atoms with Gasteiger partial charge >= 0.3 is 0 Å². The molecule has 8 heteroatoms. The van der Waals surface area contributed by atoms with E-state index in [1.165, 1.54) is 24.2 Å². The molecule has 29 heavy (non-hydrogen) atoms. The molecule has 7 nitrogen and oxygen atoms in total. The Kier molecular flexibility index (Phi) is 6.20. The molecule has 1 heterocycles. The first-order chi connectivity index (χ1) is 13.9. The van der Waals surface area contributed by atoms with Crippen molar-refractivity contribution in [1.29, 1.82) is 5.26 Å². The molecule has 0 saturated carbocycles. The highest BCUT2D eigenvalue weighted by Crippen LogP contribution is 2.28. The van der Waals surface area contributed by atoms with Crippen LogP contribution in [-0.4, -0.2) is 44.7 Å². The van der Waals surface area contributed by atoms with Crippen molar-refractivity contribution in [2.24, 2.45) is 0 Å². The first-order valence-corrected chi connectivity index (χ1v) is 10.6. The average molecular weight is 412 g/mol. The van der Waals surface area contributed by atoms with E-state index >= 15 is 0 Å². The van der Waals surface area contributed by atoms with Gasteiger partial charge in [-0.3, -0.25) is 4.79 Å². The summed E-state index contributed by atoms with van der Waals surface area (Å²) >= 11 is 0. The second-order valence-corrected chi connectivity index (χ2v) is 8.43. The molecular weight excluding hydrogens is 392 g/mol. The van der Waals surface area contributed by atoms with E-state index in [-0.39, 0.29) is 24.8 Å². The highest BCUT2D eigenvalue weighted by molar-refractivity contribution is 7.94. The van der Waals surface area contributed by atoms with Crippen molar-refractivity contribution in [3.63, 3.8) is 0 Å². The minimum atomic E-state index is -3.32. The quantitative estimate of drug-likeness (QED) is 0.692. The van der Waals surface area contributed by atoms with Gasteiger partial charge in [-0.2, -0.15) is 5.26 Å². The summed E-state index contributed by atoms with van der Waals surface area (Å²) < 4.78 is 34.5. The molecule has 2 aromatic carbocycles. The Balaban J connectivity index is 1.76. The number of rotatable bonds is 7. The third-order valence-electron chi connectivity index (χ3n) is 4.47. The van der Waals surface area contributed by atoms with Gasteiger partial charge in [-0.15, -0.1) is 0 Å². The zero-order chi connectivity index (χ0) is 20.9. The number of ether oxygens (including phenoxy) is 2. The molecule has 2 aromatic rings. The molecule has 150 valence electrons. The van der Waals surface area contributed by atoms with Crippen LogP contribution in [0.4, 0.5) is 0 Å². The Hall–Kier alpha value is -3.31. The Labute approximate surface area is 169 Å². The summed E-state index contributed by atoms with van der Waals surface area (Å²) in [5.41, 5.74) is 1.29. The van der Waals surface area contributed by atoms with Crippen molar-refractivity contribution in [2.45, 2.75) is 12.6 Å². The lowest BCUT2D eigenvalue weighted by atomic mass is 10.1.